The van der Waals surface area contributed by atoms with Crippen LogP contribution in [0.1, 0.15) is 5.56 Å². The van der Waals surface area contributed by atoms with Gasteiger partial charge >= 0.3 is 0 Å². The topological polar surface area (TPSA) is 89.5 Å². The maximum Gasteiger partial charge on any atom is 0.183 e. The molecule has 0 bridgehead atoms. The van der Waals surface area contributed by atoms with E-state index in [2.05, 4.69) is 5.32 Å². The van der Waals surface area contributed by atoms with Crippen LogP contribution < -0.4 is 10.1 Å². The van der Waals surface area contributed by atoms with Crippen LogP contribution in [0.3, 0.4) is 0 Å². The summed E-state index contributed by atoms with van der Waals surface area (Å²) in [5, 5.41) is 2.17. The molecule has 1 aliphatic rings. The largest absolute Gasteiger partial charge is 0.496 e. The van der Waals surface area contributed by atoms with Crippen LogP contribution in [0.15, 0.2) is 59.5 Å². The molecule has 2 aromatic carbocycles. The molecule has 1 fully saturated rings. The third-order valence-corrected chi connectivity index (χ3v) is 8.93. The molecule has 0 unspecified atom stereocenters. The van der Waals surface area contributed by atoms with E-state index in [4.69, 9.17) is 4.74 Å². The van der Waals surface area contributed by atoms with Crippen molar-refractivity contribution in [3.8, 4) is 5.75 Å². The monoisotopic (exact) mass is 409 g/mol. The Morgan fingerprint density at radius 1 is 1.04 bits per heavy atom. The summed E-state index contributed by atoms with van der Waals surface area (Å²) in [6.07, 6.45) is 0.610. The first-order chi connectivity index (χ1) is 12.8. The van der Waals surface area contributed by atoms with E-state index in [0.717, 1.165) is 11.3 Å². The Morgan fingerprint density at radius 3 is 2.41 bits per heavy atom. The summed E-state index contributed by atoms with van der Waals surface area (Å²) in [7, 11) is -5.55. The van der Waals surface area contributed by atoms with Crippen LogP contribution in [0.25, 0.3) is 0 Å². The highest BCUT2D eigenvalue weighted by Crippen LogP contribution is 2.26. The lowest BCUT2D eigenvalue weighted by molar-refractivity contribution is 0.408. The molecule has 146 valence electrons. The van der Waals surface area contributed by atoms with Crippen LogP contribution in [0.2, 0.25) is 0 Å². The Morgan fingerprint density at radius 2 is 1.70 bits per heavy atom. The van der Waals surface area contributed by atoms with E-state index in [9.17, 15) is 16.8 Å². The minimum absolute atomic E-state index is 0.156. The fourth-order valence-corrected chi connectivity index (χ4v) is 8.14. The molecule has 0 aliphatic carbocycles. The van der Waals surface area contributed by atoms with Gasteiger partial charge in [-0.15, -0.1) is 0 Å². The lowest BCUT2D eigenvalue weighted by Crippen LogP contribution is -2.44. The van der Waals surface area contributed by atoms with Gasteiger partial charge in [0.1, 0.15) is 5.75 Å². The van der Waals surface area contributed by atoms with Crippen molar-refractivity contribution in [2.45, 2.75) is 22.6 Å². The van der Waals surface area contributed by atoms with Gasteiger partial charge in [-0.1, -0.05) is 36.4 Å². The summed E-state index contributed by atoms with van der Waals surface area (Å²) in [4.78, 5) is 0.156. The fourth-order valence-electron chi connectivity index (χ4n) is 3.40. The number of para-hydroxylation sites is 1. The molecular weight excluding hydrogens is 386 g/mol. The highest BCUT2D eigenvalue weighted by molar-refractivity contribution is 7.96. The number of sulfone groups is 2. The number of rotatable bonds is 7. The van der Waals surface area contributed by atoms with Crippen molar-refractivity contribution in [2.75, 3.05) is 25.2 Å². The van der Waals surface area contributed by atoms with Crippen molar-refractivity contribution in [1.82, 2.24) is 5.32 Å². The second-order valence-electron chi connectivity index (χ2n) is 6.60. The second kappa shape index (κ2) is 8.00. The Kier molecular flexibility index (Phi) is 5.88. The first kappa shape index (κ1) is 19.9. The molecule has 8 heteroatoms. The zero-order valence-corrected chi connectivity index (χ0v) is 16.7. The molecule has 27 heavy (non-hydrogen) atoms. The molecule has 3 rings (SSSR count). The Balaban J connectivity index is 1.75. The number of hydrogen-bond donors (Lipinski definition) is 1. The Hall–Kier alpha value is -1.90. The van der Waals surface area contributed by atoms with Gasteiger partial charge in [0.05, 0.1) is 28.8 Å². The molecule has 1 heterocycles. The fraction of sp³-hybridized carbons (Fsp3) is 0.368. The summed E-state index contributed by atoms with van der Waals surface area (Å²) < 4.78 is 55.5. The van der Waals surface area contributed by atoms with Gasteiger partial charge in [0.2, 0.25) is 0 Å². The highest BCUT2D eigenvalue weighted by Gasteiger charge is 2.45. The number of methoxy groups -OCH3 is 1. The van der Waals surface area contributed by atoms with Crippen LogP contribution in [-0.2, 0) is 26.1 Å². The minimum Gasteiger partial charge on any atom is -0.496 e. The molecule has 6 nitrogen and oxygen atoms in total. The van der Waals surface area contributed by atoms with Gasteiger partial charge < -0.3 is 10.1 Å². The Labute approximate surface area is 160 Å². The molecule has 0 saturated carbocycles. The minimum atomic E-state index is -3.73. The van der Waals surface area contributed by atoms with Crippen LogP contribution in [0.4, 0.5) is 0 Å². The Bertz CT molecular complexity index is 988. The lowest BCUT2D eigenvalue weighted by atomic mass is 10.1. The standard InChI is InChI=1S/C19H23NO5S2/c1-25-18-10-6-5-7-15(18)11-12-20-17-13-26(21,22)14-19(17)27(23,24)16-8-3-2-4-9-16/h2-10,17,19-20H,11-14H2,1H3/t17-,19-/m0/s1. The first-order valence-corrected chi connectivity index (χ1v) is 12.0. The maximum absolute atomic E-state index is 12.9. The predicted octanol–water partition coefficient (Wildman–Crippen LogP) is 1.47. The van der Waals surface area contributed by atoms with Gasteiger partial charge in [0, 0.05) is 6.04 Å². The third kappa shape index (κ3) is 4.51. The zero-order valence-electron chi connectivity index (χ0n) is 15.0. The third-order valence-electron chi connectivity index (χ3n) is 4.76. The van der Waals surface area contributed by atoms with Crippen molar-refractivity contribution in [3.63, 3.8) is 0 Å². The number of nitrogens with one attached hydrogen (secondary N) is 1. The quantitative estimate of drug-likeness (QED) is 0.745. The molecule has 1 saturated heterocycles. The van der Waals surface area contributed by atoms with Gasteiger partial charge in [-0.2, -0.15) is 0 Å². The second-order valence-corrected chi connectivity index (χ2v) is 10.9. The maximum atomic E-state index is 12.9. The molecule has 1 N–H and O–H groups in total. The van der Waals surface area contributed by atoms with Crippen LogP contribution in [0.5, 0.6) is 5.75 Å². The summed E-state index contributed by atoms with van der Waals surface area (Å²) in [5.41, 5.74) is 0.982. The molecule has 2 aromatic rings. The first-order valence-electron chi connectivity index (χ1n) is 8.68. The number of hydrogen-bond acceptors (Lipinski definition) is 6. The van der Waals surface area contributed by atoms with Gasteiger partial charge in [0.25, 0.3) is 0 Å². The van der Waals surface area contributed by atoms with Gasteiger partial charge in [-0.05, 0) is 36.7 Å². The predicted molar refractivity (Wildman–Crippen MR) is 105 cm³/mol. The molecule has 1 aliphatic heterocycles. The van der Waals surface area contributed by atoms with Gasteiger partial charge in [-0.25, -0.2) is 16.8 Å². The zero-order chi connectivity index (χ0) is 19.5. The van der Waals surface area contributed by atoms with E-state index >= 15 is 0 Å². The number of ether oxygens (including phenoxy) is 1. The van der Waals surface area contributed by atoms with E-state index in [-0.39, 0.29) is 16.4 Å². The van der Waals surface area contributed by atoms with Gasteiger partial charge in [-0.3, -0.25) is 0 Å². The molecule has 0 radical (unpaired) electrons. The lowest BCUT2D eigenvalue weighted by Gasteiger charge is -2.20. The molecule has 0 aromatic heterocycles. The van der Waals surface area contributed by atoms with Gasteiger partial charge in [0.15, 0.2) is 19.7 Å². The van der Waals surface area contributed by atoms with Crippen molar-refractivity contribution in [2.24, 2.45) is 0 Å². The smallest absolute Gasteiger partial charge is 0.183 e. The number of benzene rings is 2. The summed E-state index contributed by atoms with van der Waals surface area (Å²) in [6, 6.07) is 15.0. The SMILES string of the molecule is COc1ccccc1CCN[C@H]1CS(=O)(=O)C[C@@H]1S(=O)(=O)c1ccccc1. The van der Waals surface area contributed by atoms with Crippen LogP contribution in [-0.4, -0.2) is 53.3 Å². The molecule has 2 atom stereocenters. The van der Waals surface area contributed by atoms with E-state index in [1.807, 2.05) is 24.3 Å². The van der Waals surface area contributed by atoms with Crippen molar-refractivity contribution >= 4 is 19.7 Å². The average molecular weight is 410 g/mol. The molecule has 0 amide bonds. The van der Waals surface area contributed by atoms with E-state index < -0.39 is 31.0 Å². The average Bonchev–Trinajstić information content (AvgIpc) is 2.98. The van der Waals surface area contributed by atoms with E-state index in [1.165, 1.54) is 12.1 Å². The van der Waals surface area contributed by atoms with E-state index in [0.29, 0.717) is 13.0 Å². The molecular formula is C19H23NO5S2. The van der Waals surface area contributed by atoms with Crippen molar-refractivity contribution in [3.05, 3.63) is 60.2 Å². The van der Waals surface area contributed by atoms with Crippen LogP contribution >= 0.6 is 0 Å². The summed E-state index contributed by atoms with van der Waals surface area (Å²) >= 11 is 0. The summed E-state index contributed by atoms with van der Waals surface area (Å²) in [6.45, 7) is 0.460. The summed E-state index contributed by atoms with van der Waals surface area (Å²) in [5.74, 6) is 0.235. The highest BCUT2D eigenvalue weighted by atomic mass is 32.2. The van der Waals surface area contributed by atoms with Crippen molar-refractivity contribution in [1.29, 1.82) is 0 Å². The van der Waals surface area contributed by atoms with Crippen molar-refractivity contribution < 1.29 is 21.6 Å². The molecule has 0 spiro atoms. The normalized spacial score (nSPS) is 21.8. The van der Waals surface area contributed by atoms with Crippen LogP contribution in [0, 0.1) is 0 Å². The van der Waals surface area contributed by atoms with E-state index in [1.54, 1.807) is 25.3 Å².